The van der Waals surface area contributed by atoms with Crippen molar-refractivity contribution >= 4 is 6.29 Å². The van der Waals surface area contributed by atoms with Gasteiger partial charge in [-0.15, -0.1) is 0 Å². The largest absolute Gasteiger partial charge is 0.462 e. The van der Waals surface area contributed by atoms with Crippen LogP contribution in [0, 0.1) is 23.9 Å². The van der Waals surface area contributed by atoms with Crippen LogP contribution in [-0.2, 0) is 4.79 Å². The number of aliphatic hydroxyl groups is 1. The summed E-state index contributed by atoms with van der Waals surface area (Å²) < 4.78 is 0. The average molecular weight is 152 g/mol. The zero-order chi connectivity index (χ0) is 8.10. The van der Waals surface area contributed by atoms with Gasteiger partial charge in [-0.3, -0.25) is 0 Å². The van der Waals surface area contributed by atoms with Crippen LogP contribution >= 0.6 is 0 Å². The van der Waals surface area contributed by atoms with E-state index in [1.165, 1.54) is 0 Å². The molecule has 1 aliphatic rings. The third-order valence-corrected chi connectivity index (χ3v) is 2.31. The molecule has 1 saturated carbocycles. The smallest absolute Gasteiger partial charge is 0.120 e. The van der Waals surface area contributed by atoms with E-state index in [4.69, 9.17) is 5.11 Å². The highest BCUT2D eigenvalue weighted by Crippen LogP contribution is 2.32. The molecule has 1 rings (SSSR count). The maximum absolute atomic E-state index is 10.2. The molecular weight excluding hydrogens is 140 g/mol. The molecule has 1 fully saturated rings. The van der Waals surface area contributed by atoms with Gasteiger partial charge >= 0.3 is 0 Å². The molecule has 2 heteroatoms. The monoisotopic (exact) mass is 152 g/mol. The van der Waals surface area contributed by atoms with Crippen LogP contribution < -0.4 is 0 Å². The lowest BCUT2D eigenvalue weighted by Gasteiger charge is -2.08. The minimum absolute atomic E-state index is 0.255. The van der Waals surface area contributed by atoms with E-state index in [-0.39, 0.29) is 5.92 Å². The first-order chi connectivity index (χ1) is 5.38. The molecule has 2 unspecified atom stereocenters. The van der Waals surface area contributed by atoms with Gasteiger partial charge < -0.3 is 9.90 Å². The fourth-order valence-corrected chi connectivity index (χ4v) is 1.72. The Hall–Kier alpha value is -0.970. The van der Waals surface area contributed by atoms with Gasteiger partial charge in [0.05, 0.1) is 0 Å². The number of carbonyl (C=O) groups excluding carboxylic acids is 1. The molecule has 0 aromatic rings. The fourth-order valence-electron chi connectivity index (χ4n) is 1.72. The van der Waals surface area contributed by atoms with E-state index in [9.17, 15) is 4.79 Å². The molecule has 0 amide bonds. The van der Waals surface area contributed by atoms with E-state index in [1.54, 1.807) is 0 Å². The number of hydrogen-bond donors (Lipinski definition) is 1. The standard InChI is InChI=1S/C9H12O2/c10-6-4-8-2-1-3-9(8)5-7-11/h6,8-9,11H,1-4H2. The second-order valence-electron chi connectivity index (χ2n) is 2.96. The van der Waals surface area contributed by atoms with Crippen LogP contribution in [0.15, 0.2) is 0 Å². The predicted molar refractivity (Wildman–Crippen MR) is 41.2 cm³/mol. The fraction of sp³-hybridized carbons (Fsp3) is 0.667. The number of carbonyl (C=O) groups is 1. The Morgan fingerprint density at radius 2 is 2.36 bits per heavy atom. The minimum atomic E-state index is 0.255. The number of aliphatic hydroxyl groups excluding tert-OH is 1. The van der Waals surface area contributed by atoms with Crippen LogP contribution in [0.4, 0.5) is 0 Å². The van der Waals surface area contributed by atoms with Gasteiger partial charge in [0.1, 0.15) is 12.4 Å². The highest BCUT2D eigenvalue weighted by molar-refractivity contribution is 5.50. The summed E-state index contributed by atoms with van der Waals surface area (Å²) in [5.74, 6) is 3.38. The molecule has 0 aromatic heterocycles. The summed E-state index contributed by atoms with van der Waals surface area (Å²) in [5, 5.41) is 8.36. The normalized spacial score (nSPS) is 29.1. The van der Waals surface area contributed by atoms with Crippen molar-refractivity contribution < 1.29 is 9.90 Å². The van der Waals surface area contributed by atoms with Gasteiger partial charge in [-0.05, 0) is 18.8 Å². The van der Waals surface area contributed by atoms with Crippen molar-refractivity contribution in [3.8, 4) is 12.0 Å². The van der Waals surface area contributed by atoms with Gasteiger partial charge in [-0.1, -0.05) is 12.3 Å². The molecule has 60 valence electrons. The van der Waals surface area contributed by atoms with Gasteiger partial charge in [0.2, 0.25) is 0 Å². The summed E-state index contributed by atoms with van der Waals surface area (Å²) in [4.78, 5) is 10.2. The molecule has 0 heterocycles. The Bertz CT molecular complexity index is 187. The first kappa shape index (κ1) is 8.13. The predicted octanol–water partition coefficient (Wildman–Crippen LogP) is 1.33. The maximum Gasteiger partial charge on any atom is 0.120 e. The van der Waals surface area contributed by atoms with Gasteiger partial charge in [-0.25, -0.2) is 0 Å². The third-order valence-electron chi connectivity index (χ3n) is 2.31. The second-order valence-corrected chi connectivity index (χ2v) is 2.96. The number of aldehydes is 1. The van der Waals surface area contributed by atoms with Crippen molar-refractivity contribution in [1.29, 1.82) is 0 Å². The molecule has 0 aliphatic heterocycles. The maximum atomic E-state index is 10.2. The average Bonchev–Trinajstić information content (AvgIpc) is 2.39. The van der Waals surface area contributed by atoms with Crippen molar-refractivity contribution in [2.45, 2.75) is 25.7 Å². The van der Waals surface area contributed by atoms with Crippen molar-refractivity contribution in [3.63, 3.8) is 0 Å². The minimum Gasteiger partial charge on any atom is -0.462 e. The molecular formula is C9H12O2. The van der Waals surface area contributed by atoms with Gasteiger partial charge in [-0.2, -0.15) is 0 Å². The molecule has 0 saturated heterocycles. The van der Waals surface area contributed by atoms with Crippen molar-refractivity contribution in [2.24, 2.45) is 11.8 Å². The lowest BCUT2D eigenvalue weighted by molar-refractivity contribution is -0.108. The van der Waals surface area contributed by atoms with Gasteiger partial charge in [0, 0.05) is 12.3 Å². The molecule has 0 aromatic carbocycles. The summed E-state index contributed by atoms with van der Waals surface area (Å²) in [5.41, 5.74) is 0. The molecule has 1 aliphatic carbocycles. The Morgan fingerprint density at radius 3 is 3.00 bits per heavy atom. The number of rotatable bonds is 2. The van der Waals surface area contributed by atoms with Gasteiger partial charge in [0.25, 0.3) is 0 Å². The van der Waals surface area contributed by atoms with E-state index in [1.807, 2.05) is 6.11 Å². The lowest BCUT2D eigenvalue weighted by atomic mass is 9.94. The first-order valence-corrected chi connectivity index (χ1v) is 3.96. The highest BCUT2D eigenvalue weighted by atomic mass is 16.2. The quantitative estimate of drug-likeness (QED) is 0.478. The molecule has 0 bridgehead atoms. The Kier molecular flexibility index (Phi) is 2.97. The molecule has 1 N–H and O–H groups in total. The summed E-state index contributed by atoms with van der Waals surface area (Å²) in [7, 11) is 0. The topological polar surface area (TPSA) is 37.3 Å². The highest BCUT2D eigenvalue weighted by Gasteiger charge is 2.25. The Labute approximate surface area is 66.6 Å². The molecule has 11 heavy (non-hydrogen) atoms. The summed E-state index contributed by atoms with van der Waals surface area (Å²) in [6, 6.07) is 0. The summed E-state index contributed by atoms with van der Waals surface area (Å²) >= 11 is 0. The Balaban J connectivity index is 2.47. The summed E-state index contributed by atoms with van der Waals surface area (Å²) in [6.45, 7) is 0. The lowest BCUT2D eigenvalue weighted by Crippen LogP contribution is -2.05. The van der Waals surface area contributed by atoms with Crippen LogP contribution in [0.3, 0.4) is 0 Å². The van der Waals surface area contributed by atoms with Crippen molar-refractivity contribution in [1.82, 2.24) is 0 Å². The van der Waals surface area contributed by atoms with Crippen LogP contribution in [0.1, 0.15) is 25.7 Å². The van der Waals surface area contributed by atoms with E-state index in [2.05, 4.69) is 5.92 Å². The van der Waals surface area contributed by atoms with Crippen LogP contribution in [0.2, 0.25) is 0 Å². The number of hydrogen-bond acceptors (Lipinski definition) is 2. The van der Waals surface area contributed by atoms with E-state index >= 15 is 0 Å². The second kappa shape index (κ2) is 4.02. The summed E-state index contributed by atoms with van der Waals surface area (Å²) in [6.07, 6.45) is 6.73. The molecule has 0 radical (unpaired) electrons. The molecule has 2 nitrogen and oxygen atoms in total. The van der Waals surface area contributed by atoms with Crippen LogP contribution in [0.5, 0.6) is 0 Å². The Morgan fingerprint density at radius 1 is 1.55 bits per heavy atom. The van der Waals surface area contributed by atoms with Crippen LogP contribution in [0.25, 0.3) is 0 Å². The zero-order valence-corrected chi connectivity index (χ0v) is 6.42. The van der Waals surface area contributed by atoms with Gasteiger partial charge in [0.15, 0.2) is 0 Å². The zero-order valence-electron chi connectivity index (χ0n) is 6.42. The van der Waals surface area contributed by atoms with Crippen molar-refractivity contribution in [2.75, 3.05) is 0 Å². The molecule has 0 spiro atoms. The van der Waals surface area contributed by atoms with Crippen LogP contribution in [-0.4, -0.2) is 11.4 Å². The van der Waals surface area contributed by atoms with E-state index in [0.29, 0.717) is 12.3 Å². The molecule has 2 atom stereocenters. The first-order valence-electron chi connectivity index (χ1n) is 3.96. The van der Waals surface area contributed by atoms with E-state index in [0.717, 1.165) is 25.5 Å². The SMILES string of the molecule is O=CCC1CCCC1C#CO. The third kappa shape index (κ3) is 1.98. The van der Waals surface area contributed by atoms with E-state index < -0.39 is 0 Å². The van der Waals surface area contributed by atoms with Crippen molar-refractivity contribution in [3.05, 3.63) is 0 Å².